The van der Waals surface area contributed by atoms with Crippen molar-refractivity contribution < 1.29 is 28.2 Å². The van der Waals surface area contributed by atoms with Gasteiger partial charge in [0.15, 0.2) is 19.9 Å². The Hall–Kier alpha value is -0.863. The Bertz CT molecular complexity index is 607. The van der Waals surface area contributed by atoms with Gasteiger partial charge < -0.3 is 18.6 Å². The maximum absolute atomic E-state index is 13.3. The first-order valence-corrected chi connectivity index (χ1v) is 13.0. The summed E-state index contributed by atoms with van der Waals surface area (Å²) in [5.74, 6) is -1.22. The molecular weight excluding hydrogens is 376 g/mol. The molecule has 0 spiro atoms. The molecule has 0 aromatic rings. The van der Waals surface area contributed by atoms with Crippen LogP contribution in [0.4, 0.5) is 0 Å². The van der Waals surface area contributed by atoms with Crippen LogP contribution in [0.5, 0.6) is 0 Å². The first-order valence-electron chi connectivity index (χ1n) is 10.1. The molecule has 0 aromatic carbocycles. The van der Waals surface area contributed by atoms with Gasteiger partial charge in [0, 0.05) is 7.11 Å². The van der Waals surface area contributed by atoms with Crippen molar-refractivity contribution in [1.29, 1.82) is 0 Å². The first-order chi connectivity index (χ1) is 12.9. The fraction of sp³-hybridized carbons (Fsp3) is 0.810. The van der Waals surface area contributed by atoms with Crippen LogP contribution < -0.4 is 0 Å². The third kappa shape index (κ3) is 4.82. The highest BCUT2D eigenvalue weighted by Crippen LogP contribution is 2.42. The van der Waals surface area contributed by atoms with Crippen molar-refractivity contribution in [3.63, 3.8) is 0 Å². The minimum absolute atomic E-state index is 0.0182. The Morgan fingerprint density at radius 2 is 1.68 bits per heavy atom. The maximum atomic E-state index is 13.3. The number of carbonyl (C=O) groups excluding carboxylic acids is 2. The molecule has 0 aromatic heterocycles. The standard InChI is InChI=1S/C21H36O6Si/c1-13(2)20(25-12-24-6)19(23)18-16-10-9-15(27-16)17(18)14(22)11-26-28(7,8)21(3,4)5/h9-10,13,15-18,20H,11-12H2,1-8H3/t15-,16+,17-,18-,20-/m1/s1. The molecule has 2 heterocycles. The van der Waals surface area contributed by atoms with Crippen molar-refractivity contribution in [3.8, 4) is 0 Å². The third-order valence-electron chi connectivity index (χ3n) is 6.23. The molecule has 0 saturated carbocycles. The molecule has 1 fully saturated rings. The van der Waals surface area contributed by atoms with E-state index in [1.54, 1.807) is 0 Å². The smallest absolute Gasteiger partial charge is 0.192 e. The van der Waals surface area contributed by atoms with E-state index in [0.29, 0.717) is 0 Å². The number of ketones is 2. The highest BCUT2D eigenvalue weighted by molar-refractivity contribution is 6.74. The van der Waals surface area contributed by atoms with Crippen LogP contribution in [0.15, 0.2) is 12.2 Å². The van der Waals surface area contributed by atoms with Crippen LogP contribution in [0, 0.1) is 17.8 Å². The molecule has 2 rings (SSSR count). The zero-order valence-corrected chi connectivity index (χ0v) is 19.5. The molecule has 0 unspecified atom stereocenters. The lowest BCUT2D eigenvalue weighted by molar-refractivity contribution is -0.151. The number of hydrogen-bond donors (Lipinski definition) is 0. The van der Waals surface area contributed by atoms with Crippen LogP contribution in [-0.2, 0) is 28.2 Å². The first kappa shape index (κ1) is 23.4. The average molecular weight is 413 g/mol. The van der Waals surface area contributed by atoms with E-state index >= 15 is 0 Å². The lowest BCUT2D eigenvalue weighted by atomic mass is 9.75. The topological polar surface area (TPSA) is 71.1 Å². The Morgan fingerprint density at radius 3 is 2.18 bits per heavy atom. The number of methoxy groups -OCH3 is 1. The Labute approximate surface area is 170 Å². The largest absolute Gasteiger partial charge is 0.410 e. The van der Waals surface area contributed by atoms with E-state index in [2.05, 4.69) is 33.9 Å². The van der Waals surface area contributed by atoms with Crippen molar-refractivity contribution in [3.05, 3.63) is 12.2 Å². The van der Waals surface area contributed by atoms with Crippen LogP contribution in [0.1, 0.15) is 34.6 Å². The lowest BCUT2D eigenvalue weighted by Crippen LogP contribution is -2.47. The third-order valence-corrected chi connectivity index (χ3v) is 10.7. The van der Waals surface area contributed by atoms with Gasteiger partial charge in [-0.3, -0.25) is 9.59 Å². The van der Waals surface area contributed by atoms with Gasteiger partial charge in [-0.1, -0.05) is 46.8 Å². The van der Waals surface area contributed by atoms with E-state index in [-0.39, 0.29) is 48.1 Å². The maximum Gasteiger partial charge on any atom is 0.192 e. The molecule has 5 atom stereocenters. The molecule has 6 nitrogen and oxygen atoms in total. The molecule has 2 aliphatic rings. The second-order valence-corrected chi connectivity index (χ2v) is 14.5. The van der Waals surface area contributed by atoms with Crippen LogP contribution >= 0.6 is 0 Å². The van der Waals surface area contributed by atoms with Gasteiger partial charge in [-0.25, -0.2) is 0 Å². The summed E-state index contributed by atoms with van der Waals surface area (Å²) in [6.07, 6.45) is 2.43. The quantitative estimate of drug-likeness (QED) is 0.311. The van der Waals surface area contributed by atoms with Gasteiger partial charge in [-0.2, -0.15) is 0 Å². The molecule has 0 aliphatic carbocycles. The molecule has 0 amide bonds. The summed E-state index contributed by atoms with van der Waals surface area (Å²) in [5, 5.41) is 0.0182. The van der Waals surface area contributed by atoms with Crippen LogP contribution in [0.2, 0.25) is 18.1 Å². The number of fused-ring (bicyclic) bond motifs is 2. The summed E-state index contributed by atoms with van der Waals surface area (Å²) in [7, 11) is -0.528. The summed E-state index contributed by atoms with van der Waals surface area (Å²) in [6, 6.07) is 0. The average Bonchev–Trinajstić information content (AvgIpc) is 3.19. The van der Waals surface area contributed by atoms with Gasteiger partial charge in [0.1, 0.15) is 12.9 Å². The summed E-state index contributed by atoms with van der Waals surface area (Å²) in [5.41, 5.74) is 0. The van der Waals surface area contributed by atoms with Gasteiger partial charge >= 0.3 is 0 Å². The van der Waals surface area contributed by atoms with E-state index < -0.39 is 26.3 Å². The van der Waals surface area contributed by atoms with E-state index in [9.17, 15) is 9.59 Å². The zero-order chi connectivity index (χ0) is 21.3. The summed E-state index contributed by atoms with van der Waals surface area (Å²) < 4.78 is 22.6. The normalized spacial score (nSPS) is 28.2. The summed E-state index contributed by atoms with van der Waals surface area (Å²) in [4.78, 5) is 26.4. The molecule has 0 radical (unpaired) electrons. The molecule has 1 saturated heterocycles. The lowest BCUT2D eigenvalue weighted by Gasteiger charge is -2.36. The monoisotopic (exact) mass is 412 g/mol. The number of carbonyl (C=O) groups is 2. The van der Waals surface area contributed by atoms with Gasteiger partial charge in [-0.15, -0.1) is 0 Å². The van der Waals surface area contributed by atoms with Crippen molar-refractivity contribution in [2.24, 2.45) is 17.8 Å². The van der Waals surface area contributed by atoms with Gasteiger partial charge in [0.05, 0.1) is 30.7 Å². The predicted octanol–water partition coefficient (Wildman–Crippen LogP) is 3.36. The van der Waals surface area contributed by atoms with Gasteiger partial charge in [-0.05, 0) is 24.1 Å². The second kappa shape index (κ2) is 8.88. The molecule has 0 N–H and O–H groups in total. The molecular formula is C21H36O6Si. The molecule has 2 aliphatic heterocycles. The number of ether oxygens (including phenoxy) is 3. The van der Waals surface area contributed by atoms with Crippen LogP contribution in [0.25, 0.3) is 0 Å². The molecule has 160 valence electrons. The molecule has 28 heavy (non-hydrogen) atoms. The van der Waals surface area contributed by atoms with Crippen molar-refractivity contribution in [1.82, 2.24) is 0 Å². The van der Waals surface area contributed by atoms with Gasteiger partial charge in [0.2, 0.25) is 0 Å². The van der Waals surface area contributed by atoms with Crippen LogP contribution in [-0.4, -0.2) is 58.7 Å². The Kier molecular flexibility index (Phi) is 7.42. The van der Waals surface area contributed by atoms with E-state index in [1.165, 1.54) is 7.11 Å². The Balaban J connectivity index is 2.15. The summed E-state index contributed by atoms with van der Waals surface area (Å²) in [6.45, 7) is 14.6. The minimum atomic E-state index is -2.05. The highest BCUT2D eigenvalue weighted by Gasteiger charge is 2.54. The highest BCUT2D eigenvalue weighted by atomic mass is 28.4. The Morgan fingerprint density at radius 1 is 1.11 bits per heavy atom. The zero-order valence-electron chi connectivity index (χ0n) is 18.5. The van der Waals surface area contributed by atoms with E-state index in [1.807, 2.05) is 26.0 Å². The SMILES string of the molecule is COCO[C@@H](C(=O)[C@H]1[C@H](C(=O)CO[Si](C)(C)C(C)(C)C)[C@H]2C=C[C@@H]1O2)C(C)C. The fourth-order valence-corrected chi connectivity index (χ4v) is 4.47. The van der Waals surface area contributed by atoms with Gasteiger partial charge in [0.25, 0.3) is 0 Å². The second-order valence-electron chi connectivity index (χ2n) is 9.66. The van der Waals surface area contributed by atoms with E-state index in [4.69, 9.17) is 18.6 Å². The summed E-state index contributed by atoms with van der Waals surface area (Å²) >= 11 is 0. The number of Topliss-reactive ketones (excluding diaryl/α,β-unsaturated/α-hetero) is 2. The van der Waals surface area contributed by atoms with Crippen molar-refractivity contribution in [2.45, 2.75) is 71.1 Å². The molecule has 7 heteroatoms. The van der Waals surface area contributed by atoms with Crippen LogP contribution in [0.3, 0.4) is 0 Å². The number of hydrogen-bond acceptors (Lipinski definition) is 6. The number of rotatable bonds is 10. The predicted molar refractivity (Wildman–Crippen MR) is 110 cm³/mol. The fourth-order valence-electron chi connectivity index (χ4n) is 3.53. The van der Waals surface area contributed by atoms with Crippen molar-refractivity contribution >= 4 is 19.9 Å². The van der Waals surface area contributed by atoms with Crippen molar-refractivity contribution in [2.75, 3.05) is 20.5 Å². The molecule has 2 bridgehead atoms. The van der Waals surface area contributed by atoms with E-state index in [0.717, 1.165) is 0 Å². The minimum Gasteiger partial charge on any atom is -0.410 e.